The third-order valence-electron chi connectivity index (χ3n) is 6.50. The summed E-state index contributed by atoms with van der Waals surface area (Å²) < 4.78 is 38.8. The lowest BCUT2D eigenvalue weighted by molar-refractivity contribution is -0.140. The molecular formula is C24H26N4O6S. The second-order valence-electron chi connectivity index (χ2n) is 8.98. The van der Waals surface area contributed by atoms with Crippen LogP contribution in [0.3, 0.4) is 0 Å². The number of nitrogens with one attached hydrogen (secondary N) is 1. The molecule has 0 aliphatic carbocycles. The predicted molar refractivity (Wildman–Crippen MR) is 125 cm³/mol. The van der Waals surface area contributed by atoms with Crippen LogP contribution >= 0.6 is 0 Å². The highest BCUT2D eigenvalue weighted by Gasteiger charge is 2.44. The number of nitrogens with zero attached hydrogens (tertiary/aromatic N) is 3. The number of benzene rings is 1. The summed E-state index contributed by atoms with van der Waals surface area (Å²) in [7, 11) is -3.81. The largest absolute Gasteiger partial charge is 0.484 e. The summed E-state index contributed by atoms with van der Waals surface area (Å²) >= 11 is 0. The van der Waals surface area contributed by atoms with Gasteiger partial charge in [0.15, 0.2) is 5.75 Å². The molecular weight excluding hydrogens is 472 g/mol. The second kappa shape index (κ2) is 8.65. The Kier molecular flexibility index (Phi) is 5.76. The van der Waals surface area contributed by atoms with Crippen LogP contribution in [-0.2, 0) is 25.2 Å². The van der Waals surface area contributed by atoms with Gasteiger partial charge >= 0.3 is 0 Å². The lowest BCUT2D eigenvalue weighted by Gasteiger charge is -2.34. The van der Waals surface area contributed by atoms with Crippen molar-refractivity contribution in [3.05, 3.63) is 59.3 Å². The number of carbonyl (C=O) groups excluding carboxylic acids is 2. The first-order valence-corrected chi connectivity index (χ1v) is 12.7. The number of hydrogen-bond acceptors (Lipinski definition) is 7. The molecule has 5 rings (SSSR count). The van der Waals surface area contributed by atoms with E-state index in [9.17, 15) is 18.0 Å². The van der Waals surface area contributed by atoms with E-state index in [1.165, 1.54) is 23.5 Å². The van der Waals surface area contributed by atoms with Crippen LogP contribution in [0.15, 0.2) is 58.6 Å². The molecule has 2 amide bonds. The highest BCUT2D eigenvalue weighted by atomic mass is 32.2. The minimum Gasteiger partial charge on any atom is -0.484 e. The summed E-state index contributed by atoms with van der Waals surface area (Å²) in [6.07, 6.45) is 1.28. The van der Waals surface area contributed by atoms with Crippen LogP contribution in [0.4, 0.5) is 0 Å². The summed E-state index contributed by atoms with van der Waals surface area (Å²) in [5.74, 6) is 0.0486. The zero-order valence-corrected chi connectivity index (χ0v) is 20.3. The van der Waals surface area contributed by atoms with Crippen molar-refractivity contribution in [1.82, 2.24) is 19.5 Å². The molecule has 35 heavy (non-hydrogen) atoms. The van der Waals surface area contributed by atoms with E-state index in [2.05, 4.69) is 10.3 Å². The van der Waals surface area contributed by atoms with Gasteiger partial charge in [-0.25, -0.2) is 13.4 Å². The number of amides is 2. The molecule has 0 saturated heterocycles. The summed E-state index contributed by atoms with van der Waals surface area (Å²) in [5, 5.41) is 2.81. The smallest absolute Gasteiger partial charge is 0.257 e. The van der Waals surface area contributed by atoms with Gasteiger partial charge in [-0.15, -0.1) is 0 Å². The monoisotopic (exact) mass is 498 g/mol. The summed E-state index contributed by atoms with van der Waals surface area (Å²) in [5.41, 5.74) is 1.24. The van der Waals surface area contributed by atoms with E-state index < -0.39 is 15.6 Å². The van der Waals surface area contributed by atoms with Crippen LogP contribution in [0.5, 0.6) is 11.6 Å². The van der Waals surface area contributed by atoms with Gasteiger partial charge in [0.2, 0.25) is 15.9 Å². The van der Waals surface area contributed by atoms with E-state index in [1.807, 2.05) is 18.2 Å². The van der Waals surface area contributed by atoms with Crippen molar-refractivity contribution in [3.63, 3.8) is 0 Å². The van der Waals surface area contributed by atoms with Crippen molar-refractivity contribution in [1.29, 1.82) is 0 Å². The molecule has 0 spiro atoms. The Morgan fingerprint density at radius 3 is 2.34 bits per heavy atom. The van der Waals surface area contributed by atoms with Gasteiger partial charge in [0.1, 0.15) is 23.6 Å². The van der Waals surface area contributed by atoms with Gasteiger partial charge in [-0.3, -0.25) is 9.59 Å². The van der Waals surface area contributed by atoms with Crippen LogP contribution in [-0.4, -0.2) is 73.8 Å². The maximum Gasteiger partial charge on any atom is 0.257 e. The highest BCUT2D eigenvalue weighted by Crippen LogP contribution is 2.35. The number of pyridine rings is 1. The molecule has 0 radical (unpaired) electrons. The molecule has 0 fully saturated rings. The lowest BCUT2D eigenvalue weighted by Crippen LogP contribution is -2.55. The fourth-order valence-corrected chi connectivity index (χ4v) is 6.15. The Bertz CT molecular complexity index is 1310. The number of fused-ring (bicyclic) bond motifs is 1. The van der Waals surface area contributed by atoms with E-state index in [0.717, 1.165) is 11.1 Å². The molecule has 1 atom stereocenters. The third kappa shape index (κ3) is 4.14. The Labute approximate surface area is 203 Å². The van der Waals surface area contributed by atoms with Gasteiger partial charge in [0, 0.05) is 39.2 Å². The van der Waals surface area contributed by atoms with Gasteiger partial charge in [0.25, 0.3) is 11.8 Å². The van der Waals surface area contributed by atoms with Crippen molar-refractivity contribution in [2.45, 2.75) is 24.3 Å². The first-order chi connectivity index (χ1) is 16.7. The summed E-state index contributed by atoms with van der Waals surface area (Å²) in [6, 6.07) is 10.5. The number of sulfonamides is 1. The molecule has 11 heteroatoms. The van der Waals surface area contributed by atoms with Gasteiger partial charge in [-0.05, 0) is 23.6 Å². The number of rotatable bonds is 5. The Hall–Kier alpha value is -3.44. The average molecular weight is 499 g/mol. The zero-order valence-electron chi connectivity index (χ0n) is 19.5. The molecule has 3 aliphatic heterocycles. The number of carbonyl (C=O) groups is 2. The standard InChI is InChI=1S/C24H26N4O6S/c1-16(29)26-24(2,19-6-4-3-5-7-19)23(30)27-12-17-14-28(15-18(17)13-27)35(31,32)20-10-21-22(25-11-20)34-9-8-33-21/h3-7,10-11H,8-9,12-15H2,1-2H3,(H,26,29). The van der Waals surface area contributed by atoms with Crippen molar-refractivity contribution in [2.24, 2.45) is 0 Å². The first kappa shape index (κ1) is 23.3. The molecule has 2 aromatic rings. The Morgan fingerprint density at radius 2 is 1.69 bits per heavy atom. The number of ether oxygens (including phenoxy) is 2. The topological polar surface area (TPSA) is 118 Å². The van der Waals surface area contributed by atoms with Crippen LogP contribution in [0.25, 0.3) is 0 Å². The summed E-state index contributed by atoms with van der Waals surface area (Å²) in [6.45, 7) is 4.78. The van der Waals surface area contributed by atoms with Crippen LogP contribution in [0.1, 0.15) is 19.4 Å². The van der Waals surface area contributed by atoms with Gasteiger partial charge in [-0.1, -0.05) is 30.3 Å². The van der Waals surface area contributed by atoms with Crippen molar-refractivity contribution < 1.29 is 27.5 Å². The van der Waals surface area contributed by atoms with Crippen molar-refractivity contribution in [2.75, 3.05) is 39.4 Å². The van der Waals surface area contributed by atoms with Crippen LogP contribution in [0.2, 0.25) is 0 Å². The lowest BCUT2D eigenvalue weighted by atomic mass is 9.90. The van der Waals surface area contributed by atoms with Gasteiger partial charge < -0.3 is 19.7 Å². The minimum absolute atomic E-state index is 0.0400. The van der Waals surface area contributed by atoms with Crippen LogP contribution < -0.4 is 14.8 Å². The average Bonchev–Trinajstić information content (AvgIpc) is 3.43. The normalized spacial score (nSPS) is 19.3. The maximum absolute atomic E-state index is 13.6. The zero-order chi connectivity index (χ0) is 24.8. The number of hydrogen-bond donors (Lipinski definition) is 1. The molecule has 0 bridgehead atoms. The quantitative estimate of drug-likeness (QED) is 0.612. The molecule has 1 aromatic heterocycles. The number of aromatic nitrogens is 1. The van der Waals surface area contributed by atoms with Crippen LogP contribution in [0, 0.1) is 0 Å². The molecule has 0 saturated carbocycles. The second-order valence-corrected chi connectivity index (χ2v) is 10.9. The molecule has 3 aliphatic rings. The SMILES string of the molecule is CC(=O)NC(C)(C(=O)N1CC2=C(C1)CN(S(=O)(=O)c1cnc3c(c1)OCCO3)C2)c1ccccc1. The third-order valence-corrected chi connectivity index (χ3v) is 8.26. The van der Waals surface area contributed by atoms with E-state index in [0.29, 0.717) is 37.6 Å². The molecule has 1 aromatic carbocycles. The molecule has 1 N–H and O–H groups in total. The van der Waals surface area contributed by atoms with E-state index in [4.69, 9.17) is 9.47 Å². The van der Waals surface area contributed by atoms with E-state index >= 15 is 0 Å². The van der Waals surface area contributed by atoms with Gasteiger partial charge in [0.05, 0.1) is 6.20 Å². The minimum atomic E-state index is -3.81. The Morgan fingerprint density at radius 1 is 1.03 bits per heavy atom. The van der Waals surface area contributed by atoms with Crippen molar-refractivity contribution >= 4 is 21.8 Å². The van der Waals surface area contributed by atoms with E-state index in [-0.39, 0.29) is 35.7 Å². The molecule has 4 heterocycles. The molecule has 1 unspecified atom stereocenters. The predicted octanol–water partition coefficient (Wildman–Crippen LogP) is 1.05. The molecule has 184 valence electrons. The first-order valence-electron chi connectivity index (χ1n) is 11.3. The van der Waals surface area contributed by atoms with Crippen molar-refractivity contribution in [3.8, 4) is 11.6 Å². The summed E-state index contributed by atoms with van der Waals surface area (Å²) in [4.78, 5) is 31.3. The Balaban J connectivity index is 1.31. The fourth-order valence-electron chi connectivity index (χ4n) is 4.75. The fraction of sp³-hybridized carbons (Fsp3) is 0.375. The van der Waals surface area contributed by atoms with E-state index in [1.54, 1.807) is 24.0 Å². The molecule has 10 nitrogen and oxygen atoms in total. The maximum atomic E-state index is 13.6. The highest BCUT2D eigenvalue weighted by molar-refractivity contribution is 7.89. The van der Waals surface area contributed by atoms with Gasteiger partial charge in [-0.2, -0.15) is 4.31 Å².